The first-order valence-corrected chi connectivity index (χ1v) is 12.1. The summed E-state index contributed by atoms with van der Waals surface area (Å²) in [6, 6.07) is 26.4. The van der Waals surface area contributed by atoms with Crippen molar-refractivity contribution in [1.82, 2.24) is 5.43 Å². The van der Waals surface area contributed by atoms with Gasteiger partial charge in [-0.1, -0.05) is 53.6 Å². The topological polar surface area (TPSA) is 86.2 Å². The van der Waals surface area contributed by atoms with Crippen LogP contribution in [0, 0.1) is 6.92 Å². The van der Waals surface area contributed by atoms with Gasteiger partial charge in [-0.3, -0.25) is 4.79 Å². The first kappa shape index (κ1) is 26.4. The molecule has 38 heavy (non-hydrogen) atoms. The van der Waals surface area contributed by atoms with Gasteiger partial charge in [0.05, 0.1) is 23.9 Å². The average Bonchev–Trinajstić information content (AvgIpc) is 2.94. The molecule has 0 aliphatic rings. The van der Waals surface area contributed by atoms with Crippen LogP contribution in [0.5, 0.6) is 17.2 Å². The zero-order chi connectivity index (χ0) is 26.9. The molecule has 0 bridgehead atoms. The Labute approximate surface area is 225 Å². The molecule has 4 rings (SSSR count). The van der Waals surface area contributed by atoms with E-state index in [9.17, 15) is 9.59 Å². The molecule has 0 aliphatic heterocycles. The molecule has 0 unspecified atom stereocenters. The Morgan fingerprint density at radius 2 is 1.66 bits per heavy atom. The Kier molecular flexibility index (Phi) is 8.74. The molecular weight excluding hydrogens is 504 g/mol. The highest BCUT2D eigenvalue weighted by Crippen LogP contribution is 2.29. The molecule has 192 valence electrons. The number of esters is 1. The van der Waals surface area contributed by atoms with E-state index in [-0.39, 0.29) is 17.2 Å². The van der Waals surface area contributed by atoms with Crippen molar-refractivity contribution in [2.45, 2.75) is 13.5 Å². The second-order valence-corrected chi connectivity index (χ2v) is 8.68. The van der Waals surface area contributed by atoms with Crippen LogP contribution in [0.4, 0.5) is 0 Å². The van der Waals surface area contributed by atoms with Gasteiger partial charge in [-0.2, -0.15) is 5.10 Å². The highest BCUT2D eigenvalue weighted by molar-refractivity contribution is 6.33. The average molecular weight is 529 g/mol. The number of nitrogens with zero attached hydrogens (tertiary/aromatic N) is 1. The van der Waals surface area contributed by atoms with E-state index in [0.717, 1.165) is 5.56 Å². The van der Waals surface area contributed by atoms with Crippen molar-refractivity contribution in [3.8, 4) is 17.2 Å². The van der Waals surface area contributed by atoms with Crippen LogP contribution in [0.1, 0.15) is 37.4 Å². The third kappa shape index (κ3) is 6.99. The predicted molar refractivity (Wildman–Crippen MR) is 146 cm³/mol. The number of ether oxygens (including phenoxy) is 3. The van der Waals surface area contributed by atoms with Gasteiger partial charge in [0.15, 0.2) is 11.5 Å². The highest BCUT2D eigenvalue weighted by Gasteiger charge is 2.15. The van der Waals surface area contributed by atoms with E-state index in [4.69, 9.17) is 25.8 Å². The predicted octanol–water partition coefficient (Wildman–Crippen LogP) is 6.22. The van der Waals surface area contributed by atoms with Gasteiger partial charge < -0.3 is 14.2 Å². The highest BCUT2D eigenvalue weighted by atomic mass is 35.5. The lowest BCUT2D eigenvalue weighted by Gasteiger charge is -2.10. The van der Waals surface area contributed by atoms with Gasteiger partial charge >= 0.3 is 5.97 Å². The largest absolute Gasteiger partial charge is 0.493 e. The van der Waals surface area contributed by atoms with E-state index >= 15 is 0 Å². The van der Waals surface area contributed by atoms with Crippen molar-refractivity contribution in [2.75, 3.05) is 7.11 Å². The number of benzene rings is 4. The van der Waals surface area contributed by atoms with Gasteiger partial charge in [0.25, 0.3) is 5.91 Å². The van der Waals surface area contributed by atoms with E-state index in [1.165, 1.54) is 18.9 Å². The van der Waals surface area contributed by atoms with Crippen LogP contribution in [0.15, 0.2) is 96.1 Å². The standard InChI is InChI=1S/C30H25ClN2O5/c1-20-7-9-21(10-8-20)19-37-24-14-12-23(13-15-24)29(34)33-32-18-22-11-16-27(28(17-22)36-2)38-30(35)25-5-3-4-6-26(25)31/h3-18H,19H2,1-2H3,(H,33,34)/b32-18-. The maximum absolute atomic E-state index is 12.5. The fourth-order valence-electron chi connectivity index (χ4n) is 3.41. The monoisotopic (exact) mass is 528 g/mol. The Bertz CT molecular complexity index is 1450. The molecule has 0 aromatic heterocycles. The summed E-state index contributed by atoms with van der Waals surface area (Å²) in [6.45, 7) is 2.48. The molecule has 1 N–H and O–H groups in total. The number of hydrogen-bond acceptors (Lipinski definition) is 6. The van der Waals surface area contributed by atoms with Crippen molar-refractivity contribution in [2.24, 2.45) is 5.10 Å². The van der Waals surface area contributed by atoms with E-state index in [0.29, 0.717) is 34.3 Å². The quantitative estimate of drug-likeness (QED) is 0.121. The molecule has 0 aliphatic carbocycles. The van der Waals surface area contributed by atoms with Crippen molar-refractivity contribution < 1.29 is 23.8 Å². The minimum Gasteiger partial charge on any atom is -0.493 e. The van der Waals surface area contributed by atoms with Gasteiger partial charge in [0, 0.05) is 5.56 Å². The number of carbonyl (C=O) groups excluding carboxylic acids is 2. The molecule has 4 aromatic carbocycles. The van der Waals surface area contributed by atoms with Crippen molar-refractivity contribution in [1.29, 1.82) is 0 Å². The molecule has 0 saturated carbocycles. The van der Waals surface area contributed by atoms with Crippen molar-refractivity contribution >= 4 is 29.7 Å². The molecular formula is C30H25ClN2O5. The van der Waals surface area contributed by atoms with E-state index in [2.05, 4.69) is 10.5 Å². The lowest BCUT2D eigenvalue weighted by atomic mass is 10.2. The number of amides is 1. The normalized spacial score (nSPS) is 10.7. The van der Waals surface area contributed by atoms with E-state index in [1.54, 1.807) is 66.7 Å². The summed E-state index contributed by atoms with van der Waals surface area (Å²) >= 11 is 6.07. The molecule has 0 atom stereocenters. The molecule has 0 fully saturated rings. The maximum Gasteiger partial charge on any atom is 0.345 e. The van der Waals surface area contributed by atoms with E-state index in [1.807, 2.05) is 31.2 Å². The summed E-state index contributed by atoms with van der Waals surface area (Å²) in [5.74, 6) is 0.232. The minimum atomic E-state index is -0.603. The summed E-state index contributed by atoms with van der Waals surface area (Å²) in [4.78, 5) is 24.9. The lowest BCUT2D eigenvalue weighted by molar-refractivity contribution is 0.0729. The second kappa shape index (κ2) is 12.6. The number of hydrazone groups is 1. The maximum atomic E-state index is 12.5. The minimum absolute atomic E-state index is 0.225. The van der Waals surface area contributed by atoms with Gasteiger partial charge in [0.2, 0.25) is 0 Å². The van der Waals surface area contributed by atoms with Crippen LogP contribution in [0.25, 0.3) is 0 Å². The van der Waals surface area contributed by atoms with Crippen LogP contribution in [0.3, 0.4) is 0 Å². The third-order valence-corrected chi connectivity index (χ3v) is 5.84. The van der Waals surface area contributed by atoms with Crippen LogP contribution < -0.4 is 19.6 Å². The number of carbonyl (C=O) groups is 2. The number of halogens is 1. The Morgan fingerprint density at radius 1 is 0.921 bits per heavy atom. The number of methoxy groups -OCH3 is 1. The number of nitrogens with one attached hydrogen (secondary N) is 1. The summed E-state index contributed by atoms with van der Waals surface area (Å²) < 4.78 is 16.6. The summed E-state index contributed by atoms with van der Waals surface area (Å²) in [5.41, 5.74) is 6.05. The molecule has 0 spiro atoms. The molecule has 8 heteroatoms. The summed E-state index contributed by atoms with van der Waals surface area (Å²) in [5, 5.41) is 4.30. The zero-order valence-corrected chi connectivity index (χ0v) is 21.6. The molecule has 0 heterocycles. The first-order chi connectivity index (χ1) is 18.4. The SMILES string of the molecule is COc1cc(/C=N\NC(=O)c2ccc(OCc3ccc(C)cc3)cc2)ccc1OC(=O)c1ccccc1Cl. The van der Waals surface area contributed by atoms with Gasteiger partial charge in [0.1, 0.15) is 12.4 Å². The fraction of sp³-hybridized carbons (Fsp3) is 0.100. The van der Waals surface area contributed by atoms with Crippen molar-refractivity contribution in [3.63, 3.8) is 0 Å². The van der Waals surface area contributed by atoms with Crippen LogP contribution in [-0.4, -0.2) is 25.2 Å². The van der Waals surface area contributed by atoms with Crippen LogP contribution >= 0.6 is 11.6 Å². The number of aryl methyl sites for hydroxylation is 1. The fourth-order valence-corrected chi connectivity index (χ4v) is 3.63. The first-order valence-electron chi connectivity index (χ1n) is 11.7. The second-order valence-electron chi connectivity index (χ2n) is 8.28. The molecule has 4 aromatic rings. The van der Waals surface area contributed by atoms with Crippen molar-refractivity contribution in [3.05, 3.63) is 124 Å². The number of hydrogen-bond donors (Lipinski definition) is 1. The Hall–Kier alpha value is -4.62. The zero-order valence-electron chi connectivity index (χ0n) is 20.8. The molecule has 0 saturated heterocycles. The van der Waals surface area contributed by atoms with Crippen LogP contribution in [-0.2, 0) is 6.61 Å². The Morgan fingerprint density at radius 3 is 2.37 bits per heavy atom. The van der Waals surface area contributed by atoms with Gasteiger partial charge in [-0.05, 0) is 72.6 Å². The summed E-state index contributed by atoms with van der Waals surface area (Å²) in [7, 11) is 1.46. The number of rotatable bonds is 9. The van der Waals surface area contributed by atoms with E-state index < -0.39 is 5.97 Å². The van der Waals surface area contributed by atoms with Gasteiger partial charge in [-0.15, -0.1) is 0 Å². The third-order valence-electron chi connectivity index (χ3n) is 5.51. The lowest BCUT2D eigenvalue weighted by Crippen LogP contribution is -2.17. The smallest absolute Gasteiger partial charge is 0.345 e. The molecule has 0 radical (unpaired) electrons. The molecule has 1 amide bonds. The summed E-state index contributed by atoms with van der Waals surface area (Å²) in [6.07, 6.45) is 1.46. The van der Waals surface area contributed by atoms with Crippen LogP contribution in [0.2, 0.25) is 5.02 Å². The Balaban J connectivity index is 1.32. The molecule has 7 nitrogen and oxygen atoms in total. The van der Waals surface area contributed by atoms with Gasteiger partial charge in [-0.25, -0.2) is 10.2 Å².